The van der Waals surface area contributed by atoms with Crippen LogP contribution in [0.25, 0.3) is 0 Å². The summed E-state index contributed by atoms with van der Waals surface area (Å²) in [6.07, 6.45) is -4.82. The summed E-state index contributed by atoms with van der Waals surface area (Å²) in [6.45, 7) is 5.02. The molecule has 0 radical (unpaired) electrons. The highest BCUT2D eigenvalue weighted by molar-refractivity contribution is 7.80. The van der Waals surface area contributed by atoms with Gasteiger partial charge in [0, 0.05) is 5.70 Å². The Kier molecular flexibility index (Phi) is 5.17. The Hall–Kier alpha value is -2.09. The smallest absolute Gasteiger partial charge is 0.416 e. The normalized spacial score (nSPS) is 18.3. The highest BCUT2D eigenvalue weighted by Gasteiger charge is 2.34. The van der Waals surface area contributed by atoms with Crippen molar-refractivity contribution in [1.82, 2.24) is 10.6 Å². The number of allylic oxidation sites excluding steroid dienone is 1. The molecule has 0 fully saturated rings. The molecule has 0 bridgehead atoms. The number of alkyl halides is 3. The number of benzene rings is 1. The molecule has 1 atom stereocenters. The second-order valence-corrected chi connectivity index (χ2v) is 6.06. The van der Waals surface area contributed by atoms with Crippen molar-refractivity contribution >= 4 is 23.3 Å². The lowest BCUT2D eigenvalue weighted by Gasteiger charge is -2.30. The molecule has 0 spiro atoms. The van der Waals surface area contributed by atoms with Crippen LogP contribution in [0.15, 0.2) is 35.5 Å². The summed E-state index contributed by atoms with van der Waals surface area (Å²) in [7, 11) is 0. The van der Waals surface area contributed by atoms with Gasteiger partial charge in [-0.2, -0.15) is 13.2 Å². The van der Waals surface area contributed by atoms with Crippen LogP contribution < -0.4 is 10.6 Å². The van der Waals surface area contributed by atoms with Crippen molar-refractivity contribution in [1.29, 1.82) is 0 Å². The second-order valence-electron chi connectivity index (χ2n) is 5.65. The molecule has 0 aliphatic carbocycles. The second kappa shape index (κ2) is 6.80. The maximum atomic E-state index is 13.0. The first-order valence-corrected chi connectivity index (χ1v) is 7.67. The van der Waals surface area contributed by atoms with Gasteiger partial charge >= 0.3 is 12.1 Å². The first kappa shape index (κ1) is 18.3. The summed E-state index contributed by atoms with van der Waals surface area (Å²) >= 11 is 5.06. The van der Waals surface area contributed by atoms with E-state index in [1.807, 2.05) is 0 Å². The average molecular weight is 358 g/mol. The Labute approximate surface area is 143 Å². The molecule has 130 valence electrons. The average Bonchev–Trinajstić information content (AvgIpc) is 2.44. The molecule has 0 unspecified atom stereocenters. The number of rotatable bonds is 3. The van der Waals surface area contributed by atoms with Crippen LogP contribution in [0.3, 0.4) is 0 Å². The zero-order chi connectivity index (χ0) is 18.1. The predicted molar refractivity (Wildman–Crippen MR) is 87.0 cm³/mol. The predicted octanol–water partition coefficient (Wildman–Crippen LogP) is 3.45. The summed E-state index contributed by atoms with van der Waals surface area (Å²) in [5.74, 6) is -0.604. The van der Waals surface area contributed by atoms with Crippen molar-refractivity contribution in [2.45, 2.75) is 39.1 Å². The van der Waals surface area contributed by atoms with Gasteiger partial charge in [-0.15, -0.1) is 0 Å². The van der Waals surface area contributed by atoms with E-state index >= 15 is 0 Å². The number of nitrogens with one attached hydrogen (secondary N) is 2. The van der Waals surface area contributed by atoms with Crippen molar-refractivity contribution in [3.63, 3.8) is 0 Å². The van der Waals surface area contributed by atoms with Gasteiger partial charge < -0.3 is 15.4 Å². The summed E-state index contributed by atoms with van der Waals surface area (Å²) in [6, 6.07) is 3.97. The Morgan fingerprint density at radius 1 is 1.33 bits per heavy atom. The van der Waals surface area contributed by atoms with Crippen LogP contribution in [0.4, 0.5) is 13.2 Å². The number of carbonyl (C=O) groups excluding carboxylic acids is 1. The van der Waals surface area contributed by atoms with Crippen molar-refractivity contribution < 1.29 is 22.7 Å². The van der Waals surface area contributed by atoms with Crippen molar-refractivity contribution in [2.75, 3.05) is 0 Å². The van der Waals surface area contributed by atoms with Gasteiger partial charge in [0.1, 0.15) is 0 Å². The standard InChI is InChI=1S/C16H17F3N2O2S/c1-8(2)23-14(22)12-9(3)20-15(24)21-13(12)10-5-4-6-11(7-10)16(17,18)19/h4-8,13H,1-3H3,(H2,20,21,24)/t13-/m0/s1. The lowest BCUT2D eigenvalue weighted by Crippen LogP contribution is -2.45. The Morgan fingerprint density at radius 2 is 2.00 bits per heavy atom. The monoisotopic (exact) mass is 358 g/mol. The molecule has 0 saturated carbocycles. The molecule has 2 N–H and O–H groups in total. The van der Waals surface area contributed by atoms with Crippen molar-refractivity contribution in [3.05, 3.63) is 46.7 Å². The maximum absolute atomic E-state index is 13.0. The molecule has 1 aliphatic heterocycles. The van der Waals surface area contributed by atoms with Gasteiger partial charge in [-0.1, -0.05) is 12.1 Å². The Bertz CT molecular complexity index is 699. The van der Waals surface area contributed by atoms with Crippen LogP contribution in [-0.2, 0) is 15.7 Å². The topological polar surface area (TPSA) is 50.4 Å². The van der Waals surface area contributed by atoms with Gasteiger partial charge in [-0.25, -0.2) is 4.79 Å². The van der Waals surface area contributed by atoms with E-state index in [0.29, 0.717) is 5.70 Å². The molecule has 1 heterocycles. The zero-order valence-corrected chi connectivity index (χ0v) is 14.1. The molecule has 24 heavy (non-hydrogen) atoms. The maximum Gasteiger partial charge on any atom is 0.416 e. The van der Waals surface area contributed by atoms with E-state index in [9.17, 15) is 18.0 Å². The van der Waals surface area contributed by atoms with Crippen LogP contribution in [0.5, 0.6) is 0 Å². The van der Waals surface area contributed by atoms with E-state index in [0.717, 1.165) is 12.1 Å². The van der Waals surface area contributed by atoms with E-state index in [1.54, 1.807) is 20.8 Å². The largest absolute Gasteiger partial charge is 0.459 e. The SMILES string of the molecule is CC1=C(C(=O)OC(C)C)[C@H](c2cccc(C(F)(F)F)c2)NC(=S)N1. The number of carbonyl (C=O) groups is 1. The summed E-state index contributed by atoms with van der Waals surface area (Å²) in [4.78, 5) is 12.4. The lowest BCUT2D eigenvalue weighted by molar-refractivity contribution is -0.143. The lowest BCUT2D eigenvalue weighted by atomic mass is 9.94. The van der Waals surface area contributed by atoms with E-state index in [-0.39, 0.29) is 22.4 Å². The van der Waals surface area contributed by atoms with Crippen LogP contribution >= 0.6 is 12.2 Å². The van der Waals surface area contributed by atoms with Crippen LogP contribution in [-0.4, -0.2) is 17.2 Å². The van der Waals surface area contributed by atoms with Crippen LogP contribution in [0.2, 0.25) is 0 Å². The van der Waals surface area contributed by atoms with E-state index in [2.05, 4.69) is 10.6 Å². The number of thiocarbonyl (C=S) groups is 1. The van der Waals surface area contributed by atoms with E-state index < -0.39 is 23.8 Å². The fraction of sp³-hybridized carbons (Fsp3) is 0.375. The third-order valence-electron chi connectivity index (χ3n) is 3.38. The van der Waals surface area contributed by atoms with E-state index in [1.165, 1.54) is 12.1 Å². The zero-order valence-electron chi connectivity index (χ0n) is 13.3. The number of hydrogen-bond donors (Lipinski definition) is 2. The highest BCUT2D eigenvalue weighted by Crippen LogP contribution is 2.33. The van der Waals surface area contributed by atoms with Gasteiger partial charge in [0.2, 0.25) is 0 Å². The first-order chi connectivity index (χ1) is 11.1. The molecule has 4 nitrogen and oxygen atoms in total. The van der Waals surface area contributed by atoms with Crippen molar-refractivity contribution in [3.8, 4) is 0 Å². The molecule has 1 aromatic carbocycles. The fourth-order valence-electron chi connectivity index (χ4n) is 2.39. The molecular formula is C16H17F3N2O2S. The molecule has 2 rings (SSSR count). The van der Waals surface area contributed by atoms with Gasteiger partial charge in [-0.05, 0) is 50.7 Å². The number of esters is 1. The number of hydrogen-bond acceptors (Lipinski definition) is 3. The van der Waals surface area contributed by atoms with Crippen molar-refractivity contribution in [2.24, 2.45) is 0 Å². The molecule has 1 aromatic rings. The Balaban J connectivity index is 2.47. The fourth-order valence-corrected chi connectivity index (χ4v) is 2.66. The molecule has 0 amide bonds. The molecular weight excluding hydrogens is 341 g/mol. The summed E-state index contributed by atoms with van der Waals surface area (Å²) in [5, 5.41) is 5.88. The third kappa shape index (κ3) is 4.05. The van der Waals surface area contributed by atoms with Crippen LogP contribution in [0, 0.1) is 0 Å². The third-order valence-corrected chi connectivity index (χ3v) is 3.60. The van der Waals surface area contributed by atoms with E-state index in [4.69, 9.17) is 17.0 Å². The highest BCUT2D eigenvalue weighted by atomic mass is 32.1. The summed E-state index contributed by atoms with van der Waals surface area (Å²) < 4.78 is 44.1. The molecule has 1 aliphatic rings. The first-order valence-electron chi connectivity index (χ1n) is 7.26. The quantitative estimate of drug-likeness (QED) is 0.640. The Morgan fingerprint density at radius 3 is 2.58 bits per heavy atom. The van der Waals surface area contributed by atoms with Gasteiger partial charge in [0.05, 0.1) is 23.3 Å². The minimum atomic E-state index is -4.47. The molecule has 0 saturated heterocycles. The van der Waals surface area contributed by atoms with Gasteiger partial charge in [0.15, 0.2) is 5.11 Å². The van der Waals surface area contributed by atoms with Gasteiger partial charge in [0.25, 0.3) is 0 Å². The minimum Gasteiger partial charge on any atom is -0.459 e. The number of halogens is 3. The minimum absolute atomic E-state index is 0.205. The van der Waals surface area contributed by atoms with Crippen LogP contribution in [0.1, 0.15) is 37.9 Å². The summed E-state index contributed by atoms with van der Waals surface area (Å²) in [5.41, 5.74) is 0.146. The molecule has 0 aromatic heterocycles. The number of ether oxygens (including phenoxy) is 1. The molecule has 8 heteroatoms. The van der Waals surface area contributed by atoms with Gasteiger partial charge in [-0.3, -0.25) is 0 Å².